The predicted octanol–water partition coefficient (Wildman–Crippen LogP) is 1.76. The molecule has 0 spiro atoms. The highest BCUT2D eigenvalue weighted by molar-refractivity contribution is 5.76. The van der Waals surface area contributed by atoms with Crippen LogP contribution in [0.15, 0.2) is 0 Å². The summed E-state index contributed by atoms with van der Waals surface area (Å²) in [5, 5.41) is 6.28. The molecule has 4 heteroatoms. The third-order valence-corrected chi connectivity index (χ3v) is 3.93. The molecule has 2 N–H and O–H groups in total. The van der Waals surface area contributed by atoms with Gasteiger partial charge in [0, 0.05) is 31.6 Å². The first-order chi connectivity index (χ1) is 9.13. The molecule has 1 aliphatic heterocycles. The third-order valence-electron chi connectivity index (χ3n) is 3.93. The Morgan fingerprint density at radius 2 is 2.21 bits per heavy atom. The first kappa shape index (κ1) is 16.4. The minimum atomic E-state index is 0.167. The molecule has 0 saturated carbocycles. The topological polar surface area (TPSA) is 44.4 Å². The summed E-state index contributed by atoms with van der Waals surface area (Å²) in [6, 6.07) is 0.991. The summed E-state index contributed by atoms with van der Waals surface area (Å²) in [6.07, 6.45) is 5.67. The molecule has 1 saturated heterocycles. The lowest BCUT2D eigenvalue weighted by molar-refractivity contribution is -0.121. The molecule has 1 fully saturated rings. The van der Waals surface area contributed by atoms with Crippen LogP contribution in [0.25, 0.3) is 0 Å². The van der Waals surface area contributed by atoms with Crippen LogP contribution in [0.4, 0.5) is 0 Å². The molecule has 2 unspecified atom stereocenters. The Balaban J connectivity index is 2.05. The molecule has 19 heavy (non-hydrogen) atoms. The summed E-state index contributed by atoms with van der Waals surface area (Å²) in [7, 11) is 0. The van der Waals surface area contributed by atoms with E-state index in [1.54, 1.807) is 0 Å². The van der Waals surface area contributed by atoms with E-state index in [1.165, 1.54) is 25.8 Å². The lowest BCUT2D eigenvalue weighted by Crippen LogP contribution is -2.39. The van der Waals surface area contributed by atoms with Gasteiger partial charge in [-0.3, -0.25) is 4.79 Å². The quantitative estimate of drug-likeness (QED) is 0.660. The van der Waals surface area contributed by atoms with Crippen molar-refractivity contribution < 1.29 is 4.79 Å². The van der Waals surface area contributed by atoms with Gasteiger partial charge in [-0.25, -0.2) is 0 Å². The number of piperidine rings is 1. The summed E-state index contributed by atoms with van der Waals surface area (Å²) in [5.74, 6) is 0.167. The third kappa shape index (κ3) is 6.92. The maximum atomic E-state index is 11.7. The van der Waals surface area contributed by atoms with Crippen molar-refractivity contribution in [2.24, 2.45) is 0 Å². The monoisotopic (exact) mass is 269 g/mol. The second-order valence-electron chi connectivity index (χ2n) is 5.75. The summed E-state index contributed by atoms with van der Waals surface area (Å²) in [5.41, 5.74) is 0. The Morgan fingerprint density at radius 1 is 1.42 bits per heavy atom. The zero-order chi connectivity index (χ0) is 14.1. The van der Waals surface area contributed by atoms with Crippen LogP contribution < -0.4 is 10.6 Å². The Morgan fingerprint density at radius 3 is 2.89 bits per heavy atom. The van der Waals surface area contributed by atoms with E-state index in [-0.39, 0.29) is 11.9 Å². The lowest BCUT2D eigenvalue weighted by atomic mass is 10.0. The number of likely N-dealkylation sites (tertiary alicyclic amines) is 1. The SMILES string of the molecule is CCNC(C)CC(=O)NCCCN1CCCCC1C. The molecule has 0 aromatic heterocycles. The van der Waals surface area contributed by atoms with Gasteiger partial charge in [-0.1, -0.05) is 13.3 Å². The van der Waals surface area contributed by atoms with Gasteiger partial charge in [0.05, 0.1) is 0 Å². The van der Waals surface area contributed by atoms with Gasteiger partial charge in [0.15, 0.2) is 0 Å². The number of amides is 1. The van der Waals surface area contributed by atoms with Gasteiger partial charge in [-0.15, -0.1) is 0 Å². The van der Waals surface area contributed by atoms with Gasteiger partial charge in [0.25, 0.3) is 0 Å². The van der Waals surface area contributed by atoms with Crippen molar-refractivity contribution in [3.8, 4) is 0 Å². The van der Waals surface area contributed by atoms with E-state index in [0.717, 1.165) is 32.1 Å². The molecule has 0 aliphatic carbocycles. The molecule has 0 bridgehead atoms. The highest BCUT2D eigenvalue weighted by Crippen LogP contribution is 2.15. The van der Waals surface area contributed by atoms with Crippen molar-refractivity contribution >= 4 is 5.91 Å². The second kappa shape index (κ2) is 9.32. The molecule has 0 aromatic carbocycles. The normalized spacial score (nSPS) is 22.2. The highest BCUT2D eigenvalue weighted by Gasteiger charge is 2.17. The van der Waals surface area contributed by atoms with Gasteiger partial charge >= 0.3 is 0 Å². The standard InChI is InChI=1S/C15H31N3O/c1-4-16-13(2)12-15(19)17-9-7-11-18-10-6-5-8-14(18)3/h13-14,16H,4-12H2,1-3H3,(H,17,19). The van der Waals surface area contributed by atoms with Crippen LogP contribution in [0.1, 0.15) is 52.9 Å². The summed E-state index contributed by atoms with van der Waals surface area (Å²) in [4.78, 5) is 14.2. The van der Waals surface area contributed by atoms with Crippen molar-refractivity contribution in [2.75, 3.05) is 26.2 Å². The minimum absolute atomic E-state index is 0.167. The van der Waals surface area contributed by atoms with Crippen LogP contribution in [0.3, 0.4) is 0 Å². The van der Waals surface area contributed by atoms with Crippen LogP contribution in [0.2, 0.25) is 0 Å². The van der Waals surface area contributed by atoms with Gasteiger partial charge in [0.2, 0.25) is 5.91 Å². The van der Waals surface area contributed by atoms with Gasteiger partial charge in [0.1, 0.15) is 0 Å². The van der Waals surface area contributed by atoms with E-state index >= 15 is 0 Å². The fraction of sp³-hybridized carbons (Fsp3) is 0.933. The maximum Gasteiger partial charge on any atom is 0.221 e. The molecule has 4 nitrogen and oxygen atoms in total. The van der Waals surface area contributed by atoms with E-state index in [9.17, 15) is 4.79 Å². The summed E-state index contributed by atoms with van der Waals surface area (Å²) >= 11 is 0. The largest absolute Gasteiger partial charge is 0.356 e. The lowest BCUT2D eigenvalue weighted by Gasteiger charge is -2.33. The highest BCUT2D eigenvalue weighted by atomic mass is 16.1. The predicted molar refractivity (Wildman–Crippen MR) is 80.3 cm³/mol. The Hall–Kier alpha value is -0.610. The molecule has 2 atom stereocenters. The van der Waals surface area contributed by atoms with Crippen LogP contribution in [0.5, 0.6) is 0 Å². The maximum absolute atomic E-state index is 11.7. The Labute approximate surface area is 118 Å². The fourth-order valence-corrected chi connectivity index (χ4v) is 2.77. The molecule has 1 amide bonds. The van der Waals surface area contributed by atoms with Gasteiger partial charge in [-0.2, -0.15) is 0 Å². The zero-order valence-corrected chi connectivity index (χ0v) is 12.9. The average Bonchev–Trinajstić information content (AvgIpc) is 2.36. The molecule has 1 rings (SSSR count). The Bertz CT molecular complexity index is 258. The average molecular weight is 269 g/mol. The number of rotatable bonds is 8. The van der Waals surface area contributed by atoms with E-state index in [2.05, 4.69) is 36.3 Å². The van der Waals surface area contributed by atoms with Gasteiger partial charge < -0.3 is 15.5 Å². The van der Waals surface area contributed by atoms with E-state index < -0.39 is 0 Å². The van der Waals surface area contributed by atoms with Crippen molar-refractivity contribution in [1.29, 1.82) is 0 Å². The molecule has 112 valence electrons. The summed E-state index contributed by atoms with van der Waals surface area (Å²) < 4.78 is 0. The number of nitrogens with one attached hydrogen (secondary N) is 2. The van der Waals surface area contributed by atoms with Crippen LogP contribution in [-0.2, 0) is 4.79 Å². The van der Waals surface area contributed by atoms with E-state index in [0.29, 0.717) is 6.42 Å². The smallest absolute Gasteiger partial charge is 0.221 e. The number of carbonyl (C=O) groups excluding carboxylic acids is 1. The zero-order valence-electron chi connectivity index (χ0n) is 12.9. The number of carbonyl (C=O) groups is 1. The molecular formula is C15H31N3O. The number of hydrogen-bond donors (Lipinski definition) is 2. The molecule has 0 radical (unpaired) electrons. The first-order valence-corrected chi connectivity index (χ1v) is 7.87. The van der Waals surface area contributed by atoms with Crippen molar-refractivity contribution in [3.05, 3.63) is 0 Å². The van der Waals surface area contributed by atoms with Crippen molar-refractivity contribution in [2.45, 2.75) is 65.0 Å². The second-order valence-corrected chi connectivity index (χ2v) is 5.75. The van der Waals surface area contributed by atoms with Crippen LogP contribution in [-0.4, -0.2) is 49.1 Å². The number of nitrogens with zero attached hydrogens (tertiary/aromatic N) is 1. The fourth-order valence-electron chi connectivity index (χ4n) is 2.77. The van der Waals surface area contributed by atoms with Crippen molar-refractivity contribution in [1.82, 2.24) is 15.5 Å². The number of hydrogen-bond acceptors (Lipinski definition) is 3. The molecule has 1 heterocycles. The first-order valence-electron chi connectivity index (χ1n) is 7.87. The molecule has 1 aliphatic rings. The Kier molecular flexibility index (Phi) is 8.07. The summed E-state index contributed by atoms with van der Waals surface area (Å²) in [6.45, 7) is 10.5. The van der Waals surface area contributed by atoms with Crippen LogP contribution >= 0.6 is 0 Å². The van der Waals surface area contributed by atoms with Crippen LogP contribution in [0, 0.1) is 0 Å². The van der Waals surface area contributed by atoms with Gasteiger partial charge in [-0.05, 0) is 46.2 Å². The van der Waals surface area contributed by atoms with Crippen molar-refractivity contribution in [3.63, 3.8) is 0 Å². The van der Waals surface area contributed by atoms with E-state index in [4.69, 9.17) is 0 Å². The van der Waals surface area contributed by atoms with E-state index in [1.807, 2.05) is 0 Å². The minimum Gasteiger partial charge on any atom is -0.356 e. The molecule has 0 aromatic rings. The molecular weight excluding hydrogens is 238 g/mol.